The lowest BCUT2D eigenvalue weighted by molar-refractivity contribution is -0.116. The number of benzene rings is 2. The fourth-order valence-corrected chi connectivity index (χ4v) is 4.92. The van der Waals surface area contributed by atoms with Crippen LogP contribution >= 0.6 is 23.1 Å². The van der Waals surface area contributed by atoms with E-state index in [9.17, 15) is 4.79 Å². The second-order valence-corrected chi connectivity index (χ2v) is 8.69. The van der Waals surface area contributed by atoms with Gasteiger partial charge in [-0.15, -0.1) is 10.2 Å². The Morgan fingerprint density at radius 2 is 2.03 bits per heavy atom. The molecule has 150 valence electrons. The molecule has 2 heterocycles. The van der Waals surface area contributed by atoms with Crippen LogP contribution in [-0.4, -0.2) is 35.0 Å². The van der Waals surface area contributed by atoms with Gasteiger partial charge in [-0.3, -0.25) is 4.79 Å². The zero-order chi connectivity index (χ0) is 20.1. The van der Waals surface area contributed by atoms with Crippen LogP contribution in [0.5, 0.6) is 5.75 Å². The predicted octanol–water partition coefficient (Wildman–Crippen LogP) is 4.75. The minimum absolute atomic E-state index is 0.105. The molecule has 6 nitrogen and oxygen atoms in total. The molecule has 0 aliphatic carbocycles. The largest absolute Gasteiger partial charge is 0.492 e. The summed E-state index contributed by atoms with van der Waals surface area (Å²) in [7, 11) is 0. The van der Waals surface area contributed by atoms with Crippen molar-refractivity contribution < 1.29 is 9.53 Å². The number of nitrogens with one attached hydrogen (secondary N) is 1. The molecule has 1 aromatic heterocycles. The molecule has 1 aliphatic rings. The van der Waals surface area contributed by atoms with E-state index in [1.54, 1.807) is 0 Å². The maximum absolute atomic E-state index is 12.8. The third-order valence-corrected chi connectivity index (χ3v) is 6.52. The first kappa shape index (κ1) is 19.7. The standard InChI is InChI=1S/C21H22N4O2S2/c1-2-27-18-12-6-4-10-16(18)22-20-23-24-21(29-20)28-14-19(26)25-13-7-9-15-8-3-5-11-17(15)25/h3-6,8,10-12H,2,7,9,13-14H2,1H3,(H,22,23). The average Bonchev–Trinajstić information content (AvgIpc) is 3.20. The average molecular weight is 427 g/mol. The summed E-state index contributed by atoms with van der Waals surface area (Å²) in [6.07, 6.45) is 2.03. The first-order chi connectivity index (χ1) is 14.2. The molecule has 0 atom stereocenters. The number of rotatable bonds is 7. The predicted molar refractivity (Wildman–Crippen MR) is 119 cm³/mol. The van der Waals surface area contributed by atoms with Gasteiger partial charge in [0.2, 0.25) is 11.0 Å². The van der Waals surface area contributed by atoms with Crippen LogP contribution in [-0.2, 0) is 11.2 Å². The molecule has 1 amide bonds. The van der Waals surface area contributed by atoms with Crippen LogP contribution in [0.4, 0.5) is 16.5 Å². The quantitative estimate of drug-likeness (QED) is 0.550. The second-order valence-electron chi connectivity index (χ2n) is 6.49. The molecule has 0 saturated carbocycles. The molecule has 0 unspecified atom stereocenters. The number of aromatic nitrogens is 2. The topological polar surface area (TPSA) is 67.3 Å². The number of hydrogen-bond donors (Lipinski definition) is 1. The van der Waals surface area contributed by atoms with Gasteiger partial charge in [0.05, 0.1) is 18.0 Å². The highest BCUT2D eigenvalue weighted by Gasteiger charge is 2.22. The van der Waals surface area contributed by atoms with E-state index >= 15 is 0 Å². The Morgan fingerprint density at radius 3 is 2.93 bits per heavy atom. The molecule has 4 rings (SSSR count). The van der Waals surface area contributed by atoms with Crippen LogP contribution in [0.2, 0.25) is 0 Å². The van der Waals surface area contributed by atoms with Crippen LogP contribution in [0.1, 0.15) is 18.9 Å². The zero-order valence-corrected chi connectivity index (χ0v) is 17.8. The highest BCUT2D eigenvalue weighted by atomic mass is 32.2. The van der Waals surface area contributed by atoms with E-state index in [-0.39, 0.29) is 5.91 Å². The smallest absolute Gasteiger partial charge is 0.237 e. The van der Waals surface area contributed by atoms with Crippen molar-refractivity contribution >= 4 is 45.5 Å². The van der Waals surface area contributed by atoms with Crippen molar-refractivity contribution in [1.29, 1.82) is 0 Å². The summed E-state index contributed by atoms with van der Waals surface area (Å²) < 4.78 is 6.39. The molecule has 1 aliphatic heterocycles. The molecule has 3 aromatic rings. The molecular weight excluding hydrogens is 404 g/mol. The molecule has 0 spiro atoms. The van der Waals surface area contributed by atoms with E-state index in [2.05, 4.69) is 21.6 Å². The van der Waals surface area contributed by atoms with Gasteiger partial charge in [-0.2, -0.15) is 0 Å². The molecule has 0 saturated heterocycles. The number of carbonyl (C=O) groups excluding carboxylic acids is 1. The van der Waals surface area contributed by atoms with Crippen molar-refractivity contribution in [3.8, 4) is 5.75 Å². The number of hydrogen-bond acceptors (Lipinski definition) is 7. The molecular formula is C21H22N4O2S2. The summed E-state index contributed by atoms with van der Waals surface area (Å²) in [4.78, 5) is 14.7. The molecule has 8 heteroatoms. The monoisotopic (exact) mass is 426 g/mol. The number of aryl methyl sites for hydroxylation is 1. The van der Waals surface area contributed by atoms with Gasteiger partial charge in [0.25, 0.3) is 0 Å². The van der Waals surface area contributed by atoms with Crippen LogP contribution in [0.3, 0.4) is 0 Å². The molecule has 29 heavy (non-hydrogen) atoms. The molecule has 0 fully saturated rings. The van der Waals surface area contributed by atoms with Crippen LogP contribution in [0.15, 0.2) is 52.9 Å². The van der Waals surface area contributed by atoms with Crippen molar-refractivity contribution in [3.63, 3.8) is 0 Å². The van der Waals surface area contributed by atoms with Crippen molar-refractivity contribution in [2.24, 2.45) is 0 Å². The summed E-state index contributed by atoms with van der Waals surface area (Å²) in [5, 5.41) is 12.3. The fourth-order valence-electron chi connectivity index (χ4n) is 3.28. The summed E-state index contributed by atoms with van der Waals surface area (Å²) in [5.41, 5.74) is 3.13. The number of anilines is 3. The van der Waals surface area contributed by atoms with Crippen molar-refractivity contribution in [2.45, 2.75) is 24.1 Å². The number of fused-ring (bicyclic) bond motifs is 1. The maximum Gasteiger partial charge on any atom is 0.237 e. The third-order valence-electron chi connectivity index (χ3n) is 4.57. The first-order valence-electron chi connectivity index (χ1n) is 9.58. The van der Waals surface area contributed by atoms with Crippen molar-refractivity contribution in [2.75, 3.05) is 29.1 Å². The van der Waals surface area contributed by atoms with Crippen molar-refractivity contribution in [1.82, 2.24) is 10.2 Å². The van der Waals surface area contributed by atoms with Gasteiger partial charge >= 0.3 is 0 Å². The number of thioether (sulfide) groups is 1. The summed E-state index contributed by atoms with van der Waals surface area (Å²) in [5.74, 6) is 1.23. The molecule has 2 aromatic carbocycles. The fraction of sp³-hybridized carbons (Fsp3) is 0.286. The molecule has 0 bridgehead atoms. The van der Waals surface area contributed by atoms with E-state index in [4.69, 9.17) is 4.74 Å². The van der Waals surface area contributed by atoms with E-state index in [0.29, 0.717) is 17.5 Å². The highest BCUT2D eigenvalue weighted by molar-refractivity contribution is 8.01. The molecule has 1 N–H and O–H groups in total. The Morgan fingerprint density at radius 1 is 1.21 bits per heavy atom. The Balaban J connectivity index is 1.37. The van der Waals surface area contributed by atoms with E-state index in [1.165, 1.54) is 28.7 Å². The minimum atomic E-state index is 0.105. The van der Waals surface area contributed by atoms with Gasteiger partial charge in [-0.25, -0.2) is 0 Å². The van der Waals surface area contributed by atoms with Gasteiger partial charge in [-0.05, 0) is 43.5 Å². The van der Waals surface area contributed by atoms with E-state index < -0.39 is 0 Å². The van der Waals surface area contributed by atoms with Gasteiger partial charge < -0.3 is 15.0 Å². The van der Waals surface area contributed by atoms with Gasteiger partial charge in [0, 0.05) is 12.2 Å². The summed E-state index contributed by atoms with van der Waals surface area (Å²) in [6.45, 7) is 3.32. The first-order valence-corrected chi connectivity index (χ1v) is 11.4. The number of amides is 1. The van der Waals surface area contributed by atoms with E-state index in [1.807, 2.05) is 54.3 Å². The minimum Gasteiger partial charge on any atom is -0.492 e. The number of ether oxygens (including phenoxy) is 1. The Kier molecular flexibility index (Phi) is 6.31. The lowest BCUT2D eigenvalue weighted by Crippen LogP contribution is -2.36. The Bertz CT molecular complexity index is 992. The number of para-hydroxylation sites is 3. The second kappa shape index (κ2) is 9.28. The summed E-state index contributed by atoms with van der Waals surface area (Å²) in [6, 6.07) is 15.9. The lowest BCUT2D eigenvalue weighted by atomic mass is 10.0. The zero-order valence-electron chi connectivity index (χ0n) is 16.1. The Hall–Kier alpha value is -2.58. The molecule has 0 radical (unpaired) electrons. The normalized spacial score (nSPS) is 13.1. The third kappa shape index (κ3) is 4.71. The van der Waals surface area contributed by atoms with Crippen LogP contribution in [0, 0.1) is 0 Å². The number of nitrogens with zero attached hydrogens (tertiary/aromatic N) is 3. The SMILES string of the molecule is CCOc1ccccc1Nc1nnc(SCC(=O)N2CCCc3ccccc32)s1. The van der Waals surface area contributed by atoms with Crippen LogP contribution < -0.4 is 15.0 Å². The number of carbonyl (C=O) groups is 1. The Labute approximate surface area is 178 Å². The lowest BCUT2D eigenvalue weighted by Gasteiger charge is -2.29. The van der Waals surface area contributed by atoms with Gasteiger partial charge in [0.15, 0.2) is 4.34 Å². The van der Waals surface area contributed by atoms with Gasteiger partial charge in [0.1, 0.15) is 5.75 Å². The highest BCUT2D eigenvalue weighted by Crippen LogP contribution is 2.32. The van der Waals surface area contributed by atoms with Crippen molar-refractivity contribution in [3.05, 3.63) is 54.1 Å². The maximum atomic E-state index is 12.8. The van der Waals surface area contributed by atoms with E-state index in [0.717, 1.165) is 40.9 Å². The summed E-state index contributed by atoms with van der Waals surface area (Å²) >= 11 is 2.86. The van der Waals surface area contributed by atoms with Crippen LogP contribution in [0.25, 0.3) is 0 Å². The van der Waals surface area contributed by atoms with Gasteiger partial charge in [-0.1, -0.05) is 53.4 Å².